The van der Waals surface area contributed by atoms with Crippen LogP contribution in [0, 0.1) is 0 Å². The van der Waals surface area contributed by atoms with Crippen LogP contribution in [0.2, 0.25) is 0 Å². The van der Waals surface area contributed by atoms with Crippen molar-refractivity contribution in [2.45, 2.75) is 13.3 Å². The molecule has 1 aromatic carbocycles. The molecular formula is C12H15N. The van der Waals surface area contributed by atoms with Gasteiger partial charge in [-0.3, -0.25) is 4.99 Å². The van der Waals surface area contributed by atoms with Crippen LogP contribution in [-0.2, 0) is 6.42 Å². The van der Waals surface area contributed by atoms with E-state index in [1.54, 1.807) is 13.1 Å². The third kappa shape index (κ3) is 2.28. The molecule has 1 rings (SSSR count). The van der Waals surface area contributed by atoms with Crippen molar-refractivity contribution >= 4 is 5.71 Å². The van der Waals surface area contributed by atoms with Crippen LogP contribution in [-0.4, -0.2) is 12.8 Å². The molecule has 0 aliphatic heterocycles. The van der Waals surface area contributed by atoms with Gasteiger partial charge in [0, 0.05) is 7.05 Å². The van der Waals surface area contributed by atoms with Gasteiger partial charge in [0.15, 0.2) is 0 Å². The summed E-state index contributed by atoms with van der Waals surface area (Å²) in [5.41, 5.74) is 3.43. The monoisotopic (exact) mass is 173 g/mol. The zero-order valence-corrected chi connectivity index (χ0v) is 8.25. The number of hydrogen-bond donors (Lipinski definition) is 0. The van der Waals surface area contributed by atoms with Gasteiger partial charge in [-0.05, 0) is 23.6 Å². The molecule has 0 atom stereocenters. The smallest absolute Gasteiger partial charge is 0.0637 e. The minimum Gasteiger partial charge on any atom is -0.288 e. The lowest BCUT2D eigenvalue weighted by molar-refractivity contribution is 1.14. The Morgan fingerprint density at radius 2 is 2.00 bits per heavy atom. The molecule has 0 amide bonds. The van der Waals surface area contributed by atoms with Gasteiger partial charge >= 0.3 is 0 Å². The molecule has 0 spiro atoms. The van der Waals surface area contributed by atoms with Gasteiger partial charge in [-0.1, -0.05) is 37.8 Å². The van der Waals surface area contributed by atoms with Crippen molar-refractivity contribution in [1.82, 2.24) is 0 Å². The standard InChI is InChI=1S/C12H15N/c1-4-10-6-8-11(9-7-10)12(5-2)13-3/h5-9H,2,4H2,1,3H3/b13-12+. The summed E-state index contributed by atoms with van der Waals surface area (Å²) in [6, 6.07) is 8.43. The largest absolute Gasteiger partial charge is 0.288 e. The van der Waals surface area contributed by atoms with E-state index in [9.17, 15) is 0 Å². The minimum absolute atomic E-state index is 0.947. The van der Waals surface area contributed by atoms with Gasteiger partial charge in [0.05, 0.1) is 5.71 Å². The van der Waals surface area contributed by atoms with Crippen LogP contribution in [0.4, 0.5) is 0 Å². The Hall–Kier alpha value is -1.37. The van der Waals surface area contributed by atoms with E-state index in [4.69, 9.17) is 0 Å². The summed E-state index contributed by atoms with van der Waals surface area (Å²) >= 11 is 0. The molecule has 0 bridgehead atoms. The average molecular weight is 173 g/mol. The lowest BCUT2D eigenvalue weighted by atomic mass is 10.1. The van der Waals surface area contributed by atoms with Gasteiger partial charge < -0.3 is 0 Å². The Balaban J connectivity index is 2.97. The van der Waals surface area contributed by atoms with E-state index < -0.39 is 0 Å². The highest BCUT2D eigenvalue weighted by Gasteiger charge is 1.96. The summed E-state index contributed by atoms with van der Waals surface area (Å²) in [5.74, 6) is 0. The maximum atomic E-state index is 4.13. The molecule has 0 saturated carbocycles. The molecule has 0 aliphatic rings. The first kappa shape index (κ1) is 9.72. The Kier molecular flexibility index (Phi) is 3.44. The molecular weight excluding hydrogens is 158 g/mol. The molecule has 13 heavy (non-hydrogen) atoms. The number of nitrogens with zero attached hydrogens (tertiary/aromatic N) is 1. The number of aliphatic imine (C=N–C) groups is 1. The third-order valence-electron chi connectivity index (χ3n) is 2.09. The van der Waals surface area contributed by atoms with Crippen LogP contribution in [0.5, 0.6) is 0 Å². The molecule has 1 heteroatoms. The Morgan fingerprint density at radius 3 is 2.38 bits per heavy atom. The van der Waals surface area contributed by atoms with E-state index in [1.807, 2.05) is 0 Å². The van der Waals surface area contributed by atoms with Crippen molar-refractivity contribution in [3.05, 3.63) is 48.0 Å². The van der Waals surface area contributed by atoms with Gasteiger partial charge in [-0.2, -0.15) is 0 Å². The first-order valence-electron chi connectivity index (χ1n) is 4.50. The molecule has 0 aromatic heterocycles. The molecule has 0 radical (unpaired) electrons. The number of hydrogen-bond acceptors (Lipinski definition) is 1. The fraction of sp³-hybridized carbons (Fsp3) is 0.250. The molecule has 0 heterocycles. The Morgan fingerprint density at radius 1 is 1.38 bits per heavy atom. The van der Waals surface area contributed by atoms with Crippen LogP contribution in [0.1, 0.15) is 18.1 Å². The van der Waals surface area contributed by atoms with E-state index in [0.29, 0.717) is 0 Å². The molecule has 0 unspecified atom stereocenters. The predicted octanol–water partition coefficient (Wildman–Crippen LogP) is 2.85. The lowest BCUT2D eigenvalue weighted by Gasteiger charge is -2.01. The summed E-state index contributed by atoms with van der Waals surface area (Å²) < 4.78 is 0. The quantitative estimate of drug-likeness (QED) is 0.623. The van der Waals surface area contributed by atoms with Crippen LogP contribution in [0.25, 0.3) is 0 Å². The van der Waals surface area contributed by atoms with Crippen molar-refractivity contribution < 1.29 is 0 Å². The van der Waals surface area contributed by atoms with Crippen molar-refractivity contribution in [2.75, 3.05) is 7.05 Å². The van der Waals surface area contributed by atoms with Gasteiger partial charge in [-0.15, -0.1) is 0 Å². The van der Waals surface area contributed by atoms with E-state index >= 15 is 0 Å². The Labute approximate surface area is 79.8 Å². The van der Waals surface area contributed by atoms with E-state index in [2.05, 4.69) is 42.8 Å². The molecule has 0 saturated heterocycles. The van der Waals surface area contributed by atoms with Crippen LogP contribution < -0.4 is 0 Å². The minimum atomic E-state index is 0.947. The van der Waals surface area contributed by atoms with Gasteiger partial charge in [0.25, 0.3) is 0 Å². The maximum absolute atomic E-state index is 4.13. The highest BCUT2D eigenvalue weighted by atomic mass is 14.7. The van der Waals surface area contributed by atoms with Gasteiger partial charge in [-0.25, -0.2) is 0 Å². The van der Waals surface area contributed by atoms with E-state index in [0.717, 1.165) is 17.7 Å². The fourth-order valence-corrected chi connectivity index (χ4v) is 1.25. The normalized spacial score (nSPS) is 11.4. The zero-order valence-electron chi connectivity index (χ0n) is 8.25. The number of benzene rings is 1. The average Bonchev–Trinajstić information content (AvgIpc) is 2.21. The molecule has 1 nitrogen and oxygen atoms in total. The Bertz CT molecular complexity index is 306. The van der Waals surface area contributed by atoms with Gasteiger partial charge in [0.1, 0.15) is 0 Å². The molecule has 68 valence electrons. The fourth-order valence-electron chi connectivity index (χ4n) is 1.25. The SMILES string of the molecule is C=C/C(=N\C)c1ccc(CC)cc1. The van der Waals surface area contributed by atoms with Crippen molar-refractivity contribution in [3.8, 4) is 0 Å². The lowest BCUT2D eigenvalue weighted by Crippen LogP contribution is -1.95. The van der Waals surface area contributed by atoms with Crippen molar-refractivity contribution in [2.24, 2.45) is 4.99 Å². The first-order chi connectivity index (χ1) is 6.31. The summed E-state index contributed by atoms with van der Waals surface area (Å²) in [6.45, 7) is 5.87. The van der Waals surface area contributed by atoms with E-state index in [1.165, 1.54) is 5.56 Å². The number of rotatable bonds is 3. The summed E-state index contributed by atoms with van der Waals surface area (Å²) in [7, 11) is 1.78. The summed E-state index contributed by atoms with van der Waals surface area (Å²) in [4.78, 5) is 4.13. The number of aryl methyl sites for hydroxylation is 1. The van der Waals surface area contributed by atoms with Crippen LogP contribution in [0.3, 0.4) is 0 Å². The second-order valence-corrected chi connectivity index (χ2v) is 2.86. The second-order valence-electron chi connectivity index (χ2n) is 2.86. The molecule has 1 aromatic rings. The molecule has 0 N–H and O–H groups in total. The topological polar surface area (TPSA) is 12.4 Å². The van der Waals surface area contributed by atoms with E-state index in [-0.39, 0.29) is 0 Å². The summed E-state index contributed by atoms with van der Waals surface area (Å²) in [6.07, 6.45) is 2.86. The molecule has 0 aliphatic carbocycles. The predicted molar refractivity (Wildman–Crippen MR) is 58.5 cm³/mol. The summed E-state index contributed by atoms with van der Waals surface area (Å²) in [5, 5.41) is 0. The third-order valence-corrected chi connectivity index (χ3v) is 2.09. The second kappa shape index (κ2) is 4.61. The van der Waals surface area contributed by atoms with Crippen molar-refractivity contribution in [3.63, 3.8) is 0 Å². The molecule has 0 fully saturated rings. The maximum Gasteiger partial charge on any atom is 0.0637 e. The van der Waals surface area contributed by atoms with Gasteiger partial charge in [0.2, 0.25) is 0 Å². The number of allylic oxidation sites excluding steroid dienone is 1. The highest BCUT2D eigenvalue weighted by Crippen LogP contribution is 2.06. The zero-order chi connectivity index (χ0) is 9.68. The van der Waals surface area contributed by atoms with Crippen molar-refractivity contribution in [1.29, 1.82) is 0 Å². The highest BCUT2D eigenvalue weighted by molar-refractivity contribution is 6.08. The first-order valence-corrected chi connectivity index (χ1v) is 4.50. The van der Waals surface area contributed by atoms with Crippen LogP contribution in [0.15, 0.2) is 41.9 Å². The van der Waals surface area contributed by atoms with Crippen LogP contribution >= 0.6 is 0 Å².